The molecule has 0 atom stereocenters. The van der Waals surface area contributed by atoms with Crippen LogP contribution in [0.5, 0.6) is 0 Å². The van der Waals surface area contributed by atoms with Crippen LogP contribution in [-0.4, -0.2) is 19.3 Å². The fourth-order valence-electron chi connectivity index (χ4n) is 1.36. The number of nitrogen functional groups attached to an aromatic ring is 1. The summed E-state index contributed by atoms with van der Waals surface area (Å²) >= 11 is 2.82. The van der Waals surface area contributed by atoms with E-state index in [9.17, 15) is 0 Å². The maximum Gasteiger partial charge on any atom is 0.176 e. The van der Waals surface area contributed by atoms with Crippen molar-refractivity contribution in [3.8, 4) is 0 Å². The number of aromatic nitrogens is 4. The van der Waals surface area contributed by atoms with Crippen molar-refractivity contribution >= 4 is 29.1 Å². The highest BCUT2D eigenvalue weighted by Gasteiger charge is 2.21. The van der Waals surface area contributed by atoms with E-state index in [1.54, 1.807) is 0 Å². The van der Waals surface area contributed by atoms with Crippen LogP contribution in [-0.2, 0) is 5.41 Å². The van der Waals surface area contributed by atoms with E-state index in [0.717, 1.165) is 20.8 Å². The molecule has 102 valence electrons. The van der Waals surface area contributed by atoms with E-state index in [4.69, 9.17) is 5.84 Å². The summed E-state index contributed by atoms with van der Waals surface area (Å²) in [6.07, 6.45) is 1.54. The van der Waals surface area contributed by atoms with Crippen molar-refractivity contribution in [1.29, 1.82) is 0 Å². The molecule has 0 aromatic carbocycles. The van der Waals surface area contributed by atoms with Gasteiger partial charge in [-0.2, -0.15) is 4.37 Å². The van der Waals surface area contributed by atoms with E-state index in [1.165, 1.54) is 29.6 Å². The average Bonchev–Trinajstić information content (AvgIpc) is 2.83. The van der Waals surface area contributed by atoms with Crippen LogP contribution in [0.15, 0.2) is 15.7 Å². The van der Waals surface area contributed by atoms with Gasteiger partial charge < -0.3 is 5.43 Å². The Balaban J connectivity index is 2.46. The Morgan fingerprint density at radius 2 is 2.05 bits per heavy atom. The first kappa shape index (κ1) is 14.2. The minimum atomic E-state index is -0.143. The number of nitrogens with zero attached hydrogens (tertiary/aromatic N) is 4. The van der Waals surface area contributed by atoms with Gasteiger partial charge in [0.1, 0.15) is 23.0 Å². The molecular weight excluding hydrogens is 280 g/mol. The molecule has 0 unspecified atom stereocenters. The first-order chi connectivity index (χ1) is 8.91. The van der Waals surface area contributed by atoms with Crippen molar-refractivity contribution in [2.75, 3.05) is 5.43 Å². The Hall–Kier alpha value is -1.25. The Labute approximate surface area is 120 Å². The highest BCUT2D eigenvalue weighted by molar-refractivity contribution is 8.00. The lowest BCUT2D eigenvalue weighted by Crippen LogP contribution is -2.20. The molecule has 2 aromatic rings. The third kappa shape index (κ3) is 3.20. The molecule has 2 rings (SSSR count). The molecule has 0 radical (unpaired) electrons. The second-order valence-electron chi connectivity index (χ2n) is 5.03. The quantitative estimate of drug-likeness (QED) is 0.510. The van der Waals surface area contributed by atoms with Gasteiger partial charge in [0.15, 0.2) is 4.34 Å². The highest BCUT2D eigenvalue weighted by Crippen LogP contribution is 2.33. The predicted octanol–water partition coefficient (Wildman–Crippen LogP) is 2.37. The normalized spacial score (nSPS) is 11.6. The summed E-state index contributed by atoms with van der Waals surface area (Å²) in [5, 5.41) is 0.852. The summed E-state index contributed by atoms with van der Waals surface area (Å²) in [5.74, 6) is 6.92. The monoisotopic (exact) mass is 296 g/mol. The summed E-state index contributed by atoms with van der Waals surface area (Å²) in [6.45, 7) is 8.14. The topological polar surface area (TPSA) is 89.6 Å². The van der Waals surface area contributed by atoms with Gasteiger partial charge in [-0.1, -0.05) is 20.8 Å². The molecule has 19 heavy (non-hydrogen) atoms. The van der Waals surface area contributed by atoms with E-state index in [1.807, 2.05) is 6.92 Å². The maximum absolute atomic E-state index is 5.53. The first-order valence-electron chi connectivity index (χ1n) is 5.72. The molecule has 2 heterocycles. The van der Waals surface area contributed by atoms with E-state index >= 15 is 0 Å². The molecule has 0 aliphatic heterocycles. The van der Waals surface area contributed by atoms with Gasteiger partial charge in [-0.05, 0) is 30.2 Å². The van der Waals surface area contributed by atoms with Gasteiger partial charge in [-0.3, -0.25) is 0 Å². The third-order valence-corrected chi connectivity index (χ3v) is 4.24. The Bertz CT molecular complexity index is 561. The van der Waals surface area contributed by atoms with Crippen molar-refractivity contribution < 1.29 is 0 Å². The molecule has 8 heteroatoms. The molecule has 2 aromatic heterocycles. The lowest BCUT2D eigenvalue weighted by Gasteiger charge is -2.19. The van der Waals surface area contributed by atoms with Gasteiger partial charge in [0.05, 0.1) is 0 Å². The molecule has 0 fully saturated rings. The average molecular weight is 296 g/mol. The van der Waals surface area contributed by atoms with Gasteiger partial charge in [-0.15, -0.1) is 0 Å². The van der Waals surface area contributed by atoms with E-state index in [0.29, 0.717) is 5.82 Å². The standard InChI is InChI=1S/C11H16N6S2/c1-6-7(17-12)15-9(11(2,3)4)16-8(6)18-10-13-5-14-19-10/h5H,12H2,1-4H3,(H,15,16,17). The van der Waals surface area contributed by atoms with Crippen molar-refractivity contribution in [2.24, 2.45) is 5.84 Å². The molecule has 0 aliphatic carbocycles. The summed E-state index contributed by atoms with van der Waals surface area (Å²) in [6, 6.07) is 0. The second-order valence-corrected chi connectivity index (χ2v) is 7.05. The number of hydrogen-bond acceptors (Lipinski definition) is 8. The van der Waals surface area contributed by atoms with Crippen LogP contribution in [0.25, 0.3) is 0 Å². The number of anilines is 1. The molecule has 0 saturated carbocycles. The van der Waals surface area contributed by atoms with Crippen LogP contribution in [0.2, 0.25) is 0 Å². The minimum absolute atomic E-state index is 0.143. The summed E-state index contributed by atoms with van der Waals surface area (Å²) in [7, 11) is 0. The smallest absolute Gasteiger partial charge is 0.176 e. The van der Waals surface area contributed by atoms with Gasteiger partial charge in [0.25, 0.3) is 0 Å². The Morgan fingerprint density at radius 1 is 1.32 bits per heavy atom. The number of hydrazine groups is 1. The maximum atomic E-state index is 5.53. The van der Waals surface area contributed by atoms with Gasteiger partial charge in [0.2, 0.25) is 0 Å². The summed E-state index contributed by atoms with van der Waals surface area (Å²) in [5.41, 5.74) is 3.40. The number of hydrogen-bond donors (Lipinski definition) is 2. The van der Waals surface area contributed by atoms with Crippen molar-refractivity contribution in [3.63, 3.8) is 0 Å². The zero-order chi connectivity index (χ0) is 14.0. The fourth-order valence-corrected chi connectivity index (χ4v) is 2.80. The van der Waals surface area contributed by atoms with Crippen LogP contribution in [0.3, 0.4) is 0 Å². The molecule has 0 saturated heterocycles. The molecule has 0 spiro atoms. The Morgan fingerprint density at radius 3 is 2.58 bits per heavy atom. The number of nitrogens with one attached hydrogen (secondary N) is 1. The molecule has 0 aliphatic rings. The predicted molar refractivity (Wildman–Crippen MR) is 77.3 cm³/mol. The van der Waals surface area contributed by atoms with Crippen molar-refractivity contribution in [2.45, 2.75) is 42.5 Å². The SMILES string of the molecule is Cc1c(NN)nc(C(C)(C)C)nc1Sc1ncns1. The minimum Gasteiger partial charge on any atom is -0.308 e. The third-order valence-electron chi connectivity index (χ3n) is 2.43. The molecule has 6 nitrogen and oxygen atoms in total. The Kier molecular flexibility index (Phi) is 4.02. The van der Waals surface area contributed by atoms with Crippen LogP contribution in [0.1, 0.15) is 32.2 Å². The fraction of sp³-hybridized carbons (Fsp3) is 0.455. The van der Waals surface area contributed by atoms with Crippen LogP contribution in [0.4, 0.5) is 5.82 Å². The lowest BCUT2D eigenvalue weighted by atomic mass is 9.95. The van der Waals surface area contributed by atoms with Gasteiger partial charge >= 0.3 is 0 Å². The van der Waals surface area contributed by atoms with Crippen LogP contribution < -0.4 is 11.3 Å². The largest absolute Gasteiger partial charge is 0.308 e. The van der Waals surface area contributed by atoms with Crippen molar-refractivity contribution in [3.05, 3.63) is 17.7 Å². The summed E-state index contributed by atoms with van der Waals surface area (Å²) in [4.78, 5) is 13.2. The van der Waals surface area contributed by atoms with Crippen LogP contribution in [0, 0.1) is 6.92 Å². The number of rotatable bonds is 3. The molecular formula is C11H16N6S2. The van der Waals surface area contributed by atoms with E-state index < -0.39 is 0 Å². The molecule has 0 bridgehead atoms. The summed E-state index contributed by atoms with van der Waals surface area (Å²) < 4.78 is 4.84. The van der Waals surface area contributed by atoms with Gasteiger partial charge in [-0.25, -0.2) is 20.8 Å². The molecule has 0 amide bonds. The van der Waals surface area contributed by atoms with E-state index in [-0.39, 0.29) is 5.41 Å². The highest BCUT2D eigenvalue weighted by atomic mass is 32.2. The van der Waals surface area contributed by atoms with Crippen molar-refractivity contribution in [1.82, 2.24) is 19.3 Å². The second kappa shape index (κ2) is 5.40. The molecule has 3 N–H and O–H groups in total. The van der Waals surface area contributed by atoms with E-state index in [2.05, 4.69) is 45.5 Å². The zero-order valence-electron chi connectivity index (χ0n) is 11.3. The first-order valence-corrected chi connectivity index (χ1v) is 7.31. The van der Waals surface area contributed by atoms with Gasteiger partial charge in [0, 0.05) is 11.0 Å². The lowest BCUT2D eigenvalue weighted by molar-refractivity contribution is 0.538. The zero-order valence-corrected chi connectivity index (χ0v) is 12.9. The number of nitrogens with two attached hydrogens (primary N) is 1. The van der Waals surface area contributed by atoms with Crippen LogP contribution >= 0.6 is 23.3 Å².